The minimum absolute atomic E-state index is 0.0735. The molecule has 1 aromatic rings. The van der Waals surface area contributed by atoms with Crippen LogP contribution in [0.2, 0.25) is 0 Å². The van der Waals surface area contributed by atoms with Crippen molar-refractivity contribution in [2.45, 2.75) is 32.2 Å². The molecule has 90 valence electrons. The van der Waals surface area contributed by atoms with Crippen LogP contribution in [-0.4, -0.2) is 29.7 Å². The molecule has 5 nitrogen and oxygen atoms in total. The lowest BCUT2D eigenvalue weighted by atomic mass is 10.2. The number of sulfone groups is 1. The summed E-state index contributed by atoms with van der Waals surface area (Å²) in [6, 6.07) is -0.0735. The highest BCUT2D eigenvalue weighted by Gasteiger charge is 2.30. The molecule has 0 aromatic carbocycles. The predicted octanol–water partition coefficient (Wildman–Crippen LogP) is 0.777. The molecule has 1 aliphatic heterocycles. The van der Waals surface area contributed by atoms with Gasteiger partial charge < -0.3 is 5.73 Å². The highest BCUT2D eigenvalue weighted by atomic mass is 32.2. The molecule has 1 atom stereocenters. The molecule has 0 radical (unpaired) electrons. The summed E-state index contributed by atoms with van der Waals surface area (Å²) in [7, 11) is -2.88. The van der Waals surface area contributed by atoms with E-state index in [0.29, 0.717) is 12.2 Å². The van der Waals surface area contributed by atoms with E-state index in [0.717, 1.165) is 18.4 Å². The van der Waals surface area contributed by atoms with Crippen molar-refractivity contribution < 1.29 is 8.42 Å². The highest BCUT2D eigenvalue weighted by molar-refractivity contribution is 7.91. The molecular weight excluding hydrogens is 226 g/mol. The van der Waals surface area contributed by atoms with Gasteiger partial charge in [-0.25, -0.2) is 13.1 Å². The van der Waals surface area contributed by atoms with Gasteiger partial charge in [0, 0.05) is 5.56 Å². The molecule has 6 heteroatoms. The first-order valence-electron chi connectivity index (χ1n) is 5.56. The summed E-state index contributed by atoms with van der Waals surface area (Å²) >= 11 is 0. The van der Waals surface area contributed by atoms with Crippen molar-refractivity contribution in [1.29, 1.82) is 0 Å². The Morgan fingerprint density at radius 3 is 2.94 bits per heavy atom. The summed E-state index contributed by atoms with van der Waals surface area (Å²) in [5.41, 5.74) is 6.98. The number of anilines is 1. The molecule has 1 fully saturated rings. The van der Waals surface area contributed by atoms with Crippen molar-refractivity contribution in [3.05, 3.63) is 11.8 Å². The van der Waals surface area contributed by atoms with Crippen molar-refractivity contribution in [3.63, 3.8) is 0 Å². The molecule has 1 unspecified atom stereocenters. The quantitative estimate of drug-likeness (QED) is 0.851. The van der Waals surface area contributed by atoms with Gasteiger partial charge in [0.1, 0.15) is 5.82 Å². The summed E-state index contributed by atoms with van der Waals surface area (Å²) in [5, 5.41) is 4.21. The smallest absolute Gasteiger partial charge is 0.152 e. The molecule has 1 aromatic heterocycles. The Kier molecular flexibility index (Phi) is 2.92. The Hall–Kier alpha value is -1.04. The van der Waals surface area contributed by atoms with E-state index in [1.165, 1.54) is 0 Å². The van der Waals surface area contributed by atoms with E-state index in [4.69, 9.17) is 5.73 Å². The van der Waals surface area contributed by atoms with Crippen molar-refractivity contribution in [1.82, 2.24) is 9.78 Å². The molecule has 0 aliphatic carbocycles. The molecular formula is C10H17N3O2S. The first-order chi connectivity index (χ1) is 7.53. The maximum absolute atomic E-state index is 11.4. The summed E-state index contributed by atoms with van der Waals surface area (Å²) in [6.07, 6.45) is 4.29. The molecule has 1 aliphatic rings. The fourth-order valence-electron chi connectivity index (χ4n) is 2.13. The van der Waals surface area contributed by atoms with Gasteiger partial charge in [0.15, 0.2) is 9.84 Å². The van der Waals surface area contributed by atoms with Gasteiger partial charge in [-0.05, 0) is 12.8 Å². The molecule has 0 saturated carbocycles. The average molecular weight is 243 g/mol. The predicted molar refractivity (Wildman–Crippen MR) is 62.9 cm³/mol. The first kappa shape index (κ1) is 11.4. The topological polar surface area (TPSA) is 78.0 Å². The third kappa shape index (κ3) is 2.07. The fraction of sp³-hybridized carbons (Fsp3) is 0.700. The second-order valence-corrected chi connectivity index (χ2v) is 6.54. The minimum atomic E-state index is -2.88. The summed E-state index contributed by atoms with van der Waals surface area (Å²) < 4.78 is 24.4. The van der Waals surface area contributed by atoms with Crippen LogP contribution in [0.5, 0.6) is 0 Å². The van der Waals surface area contributed by atoms with Gasteiger partial charge in [-0.2, -0.15) is 5.10 Å². The van der Waals surface area contributed by atoms with Crippen LogP contribution in [-0.2, 0) is 16.3 Å². The Morgan fingerprint density at radius 1 is 1.62 bits per heavy atom. The molecule has 2 rings (SSSR count). The van der Waals surface area contributed by atoms with Crippen LogP contribution in [0.3, 0.4) is 0 Å². The third-order valence-corrected chi connectivity index (χ3v) is 4.74. The zero-order valence-corrected chi connectivity index (χ0v) is 10.2. The second-order valence-electron chi connectivity index (χ2n) is 4.31. The van der Waals surface area contributed by atoms with Crippen LogP contribution in [0, 0.1) is 0 Å². The van der Waals surface area contributed by atoms with Crippen molar-refractivity contribution in [2.75, 3.05) is 17.2 Å². The summed E-state index contributed by atoms with van der Waals surface area (Å²) in [4.78, 5) is 0. The third-order valence-electron chi connectivity index (χ3n) is 2.99. The molecule has 0 bridgehead atoms. The number of nitrogens with zero attached hydrogens (tertiary/aromatic N) is 2. The molecule has 16 heavy (non-hydrogen) atoms. The Morgan fingerprint density at radius 2 is 2.38 bits per heavy atom. The van der Waals surface area contributed by atoms with E-state index in [9.17, 15) is 8.42 Å². The normalized spacial score (nSPS) is 23.7. The van der Waals surface area contributed by atoms with Gasteiger partial charge in [-0.3, -0.25) is 0 Å². The van der Waals surface area contributed by atoms with Gasteiger partial charge in [0.05, 0.1) is 23.7 Å². The number of aryl methyl sites for hydroxylation is 1. The van der Waals surface area contributed by atoms with Gasteiger partial charge in [0.25, 0.3) is 0 Å². The zero-order chi connectivity index (χ0) is 11.8. The van der Waals surface area contributed by atoms with Crippen molar-refractivity contribution >= 4 is 15.7 Å². The Labute approximate surface area is 95.6 Å². The molecule has 1 saturated heterocycles. The number of hydrogen-bond acceptors (Lipinski definition) is 4. The number of rotatable bonds is 3. The lowest BCUT2D eigenvalue weighted by molar-refractivity contribution is 0.506. The van der Waals surface area contributed by atoms with Crippen LogP contribution in [0.15, 0.2) is 6.20 Å². The standard InChI is InChI=1S/C10H17N3O2S/c1-2-3-8-6-12-13(10(8)11)9-4-5-16(14,15)7-9/h6,9H,2-5,7,11H2,1H3. The molecule has 0 spiro atoms. The lowest BCUT2D eigenvalue weighted by Gasteiger charge is -2.10. The second kappa shape index (κ2) is 4.08. The first-order valence-corrected chi connectivity index (χ1v) is 7.38. The van der Waals surface area contributed by atoms with E-state index >= 15 is 0 Å². The minimum Gasteiger partial charge on any atom is -0.384 e. The number of hydrogen-bond donors (Lipinski definition) is 1. The maximum Gasteiger partial charge on any atom is 0.152 e. The van der Waals surface area contributed by atoms with E-state index in [1.807, 2.05) is 0 Å². The van der Waals surface area contributed by atoms with Gasteiger partial charge >= 0.3 is 0 Å². The SMILES string of the molecule is CCCc1cnn(C2CCS(=O)(=O)C2)c1N. The van der Waals surface area contributed by atoms with Gasteiger partial charge in [-0.15, -0.1) is 0 Å². The van der Waals surface area contributed by atoms with Crippen LogP contribution in [0.25, 0.3) is 0 Å². The van der Waals surface area contributed by atoms with Crippen LogP contribution in [0.4, 0.5) is 5.82 Å². The molecule has 2 heterocycles. The van der Waals surface area contributed by atoms with Gasteiger partial charge in [0.2, 0.25) is 0 Å². The van der Waals surface area contributed by atoms with Crippen molar-refractivity contribution in [3.8, 4) is 0 Å². The van der Waals surface area contributed by atoms with E-state index in [1.54, 1.807) is 10.9 Å². The van der Waals surface area contributed by atoms with E-state index in [2.05, 4.69) is 12.0 Å². The average Bonchev–Trinajstić information content (AvgIpc) is 2.72. The number of nitrogens with two attached hydrogens (primary N) is 1. The van der Waals surface area contributed by atoms with Crippen LogP contribution in [0.1, 0.15) is 31.4 Å². The fourth-order valence-corrected chi connectivity index (χ4v) is 3.82. The number of aromatic nitrogens is 2. The Balaban J connectivity index is 2.22. The summed E-state index contributed by atoms with van der Waals surface area (Å²) in [5.74, 6) is 1.05. The maximum atomic E-state index is 11.4. The van der Waals surface area contributed by atoms with Gasteiger partial charge in [-0.1, -0.05) is 13.3 Å². The van der Waals surface area contributed by atoms with Crippen LogP contribution >= 0.6 is 0 Å². The van der Waals surface area contributed by atoms with Crippen molar-refractivity contribution in [2.24, 2.45) is 0 Å². The van der Waals surface area contributed by atoms with E-state index in [-0.39, 0.29) is 17.5 Å². The molecule has 0 amide bonds. The highest BCUT2D eigenvalue weighted by Crippen LogP contribution is 2.27. The monoisotopic (exact) mass is 243 g/mol. The lowest BCUT2D eigenvalue weighted by Crippen LogP contribution is -2.15. The largest absolute Gasteiger partial charge is 0.384 e. The Bertz CT molecular complexity index is 478. The van der Waals surface area contributed by atoms with E-state index < -0.39 is 9.84 Å². The number of nitrogen functional groups attached to an aromatic ring is 1. The summed E-state index contributed by atoms with van der Waals surface area (Å²) in [6.45, 7) is 2.08. The van der Waals surface area contributed by atoms with Crippen LogP contribution < -0.4 is 5.73 Å². The molecule has 2 N–H and O–H groups in total. The zero-order valence-electron chi connectivity index (χ0n) is 9.39.